The number of hydrogen-bond donors (Lipinski definition) is 5. The van der Waals surface area contributed by atoms with Crippen molar-refractivity contribution in [2.45, 2.75) is 25.0 Å². The summed E-state index contributed by atoms with van der Waals surface area (Å²) in [5, 5.41) is 7.97. The molecular formula is C32H25BrN6O3. The molecule has 2 atom stereocenters. The standard InChI is InChI=1S/C32H25BrN6O3/c1-16-19-9-10-24(42-14-17-5-3-2-4-6-17)28-25(19)22(13-35-28)26-29(32(16)15-36-31(41)39-32)37-27(30(40)38-26)21-12-34-23-11-18(33)7-8-20(21)23/h2-13,16,34-35H,14-15H2,1H3,(H,38,40)(H2,36,39,41)/t16-,32-/m0/s1. The first-order valence-electron chi connectivity index (χ1n) is 13.7. The van der Waals surface area contributed by atoms with Gasteiger partial charge in [-0.05, 0) is 29.3 Å². The van der Waals surface area contributed by atoms with Gasteiger partial charge in [-0.25, -0.2) is 9.78 Å². The van der Waals surface area contributed by atoms with E-state index in [0.29, 0.717) is 41.5 Å². The maximum atomic E-state index is 13.8. The van der Waals surface area contributed by atoms with Gasteiger partial charge in [0.05, 0.1) is 16.9 Å². The molecule has 5 N–H and O–H groups in total. The number of ether oxygens (including phenoxy) is 1. The Balaban J connectivity index is 1.34. The zero-order valence-electron chi connectivity index (χ0n) is 22.5. The Morgan fingerprint density at radius 2 is 1.86 bits per heavy atom. The topological polar surface area (TPSA) is 128 Å². The number of hydrogen-bond acceptors (Lipinski definition) is 4. The van der Waals surface area contributed by atoms with Crippen molar-refractivity contribution in [1.82, 2.24) is 30.6 Å². The van der Waals surface area contributed by atoms with Gasteiger partial charge in [-0.1, -0.05) is 65.3 Å². The molecule has 3 aromatic carbocycles. The van der Waals surface area contributed by atoms with Crippen LogP contribution < -0.4 is 20.9 Å². The fraction of sp³-hybridized carbons (Fsp3) is 0.156. The van der Waals surface area contributed by atoms with E-state index in [1.54, 1.807) is 6.20 Å². The Hall–Kier alpha value is -4.83. The van der Waals surface area contributed by atoms with E-state index in [2.05, 4.69) is 54.5 Å². The van der Waals surface area contributed by atoms with E-state index in [-0.39, 0.29) is 17.5 Å². The molecule has 6 aromatic rings. The number of H-pyrrole nitrogens is 3. The molecule has 0 radical (unpaired) electrons. The van der Waals surface area contributed by atoms with Crippen LogP contribution in [0.2, 0.25) is 0 Å². The van der Waals surface area contributed by atoms with Crippen molar-refractivity contribution >= 4 is 43.8 Å². The molecule has 10 heteroatoms. The van der Waals surface area contributed by atoms with Crippen LogP contribution in [0.5, 0.6) is 5.75 Å². The minimum atomic E-state index is -0.897. The predicted octanol–water partition coefficient (Wildman–Crippen LogP) is 6.03. The van der Waals surface area contributed by atoms with Crippen LogP contribution >= 0.6 is 15.9 Å². The quantitative estimate of drug-likeness (QED) is 0.165. The van der Waals surface area contributed by atoms with Crippen LogP contribution in [0, 0.1) is 0 Å². The molecule has 0 saturated carbocycles. The second kappa shape index (κ2) is 9.09. The molecule has 8 rings (SSSR count). The number of carbonyl (C=O) groups is 1. The Labute approximate surface area is 247 Å². The highest BCUT2D eigenvalue weighted by Gasteiger charge is 2.50. The maximum absolute atomic E-state index is 13.8. The average molecular weight is 621 g/mol. The summed E-state index contributed by atoms with van der Waals surface area (Å²) < 4.78 is 7.21. The summed E-state index contributed by atoms with van der Waals surface area (Å²) in [5.41, 5.74) is 5.57. The van der Waals surface area contributed by atoms with Crippen LogP contribution in [0.4, 0.5) is 4.79 Å². The number of benzene rings is 3. The van der Waals surface area contributed by atoms with E-state index in [1.165, 1.54) is 0 Å². The Bertz CT molecular complexity index is 2110. The molecule has 208 valence electrons. The van der Waals surface area contributed by atoms with Gasteiger partial charge in [0.2, 0.25) is 0 Å². The summed E-state index contributed by atoms with van der Waals surface area (Å²) in [5.74, 6) is 0.516. The molecule has 2 amide bonds. The minimum absolute atomic E-state index is 0.192. The highest BCUT2D eigenvalue weighted by atomic mass is 79.9. The first kappa shape index (κ1) is 24.9. The van der Waals surface area contributed by atoms with Gasteiger partial charge in [0.1, 0.15) is 23.6 Å². The number of amides is 2. The van der Waals surface area contributed by atoms with Crippen LogP contribution in [0.25, 0.3) is 44.3 Å². The number of rotatable bonds is 4. The lowest BCUT2D eigenvalue weighted by atomic mass is 9.78. The van der Waals surface area contributed by atoms with E-state index in [1.807, 2.05) is 60.8 Å². The van der Waals surface area contributed by atoms with Gasteiger partial charge in [-0.2, -0.15) is 0 Å². The molecule has 0 bridgehead atoms. The zero-order valence-corrected chi connectivity index (χ0v) is 24.1. The summed E-state index contributed by atoms with van der Waals surface area (Å²) >= 11 is 3.51. The van der Waals surface area contributed by atoms with E-state index in [4.69, 9.17) is 9.72 Å². The molecule has 3 aromatic heterocycles. The van der Waals surface area contributed by atoms with Crippen LogP contribution in [-0.2, 0) is 12.1 Å². The lowest BCUT2D eigenvalue weighted by Gasteiger charge is -2.34. The summed E-state index contributed by atoms with van der Waals surface area (Å²) in [4.78, 5) is 41.4. The van der Waals surface area contributed by atoms with Crippen molar-refractivity contribution in [3.8, 4) is 28.3 Å². The first-order valence-corrected chi connectivity index (χ1v) is 14.5. The number of halogens is 1. The third-order valence-electron chi connectivity index (χ3n) is 8.64. The van der Waals surface area contributed by atoms with E-state index in [9.17, 15) is 9.59 Å². The Kier molecular flexibility index (Phi) is 5.39. The molecule has 1 spiro atoms. The van der Waals surface area contributed by atoms with E-state index >= 15 is 0 Å². The number of urea groups is 1. The molecule has 9 nitrogen and oxygen atoms in total. The van der Waals surface area contributed by atoms with Crippen LogP contribution in [0.3, 0.4) is 0 Å². The van der Waals surface area contributed by atoms with E-state index < -0.39 is 5.54 Å². The summed E-state index contributed by atoms with van der Waals surface area (Å²) in [6, 6.07) is 19.6. The fourth-order valence-corrected chi connectivity index (χ4v) is 6.85. The van der Waals surface area contributed by atoms with Crippen LogP contribution in [0.15, 0.2) is 82.3 Å². The minimum Gasteiger partial charge on any atom is -0.487 e. The lowest BCUT2D eigenvalue weighted by molar-refractivity contribution is 0.241. The van der Waals surface area contributed by atoms with E-state index in [0.717, 1.165) is 43.0 Å². The maximum Gasteiger partial charge on any atom is 0.315 e. The molecule has 1 fully saturated rings. The van der Waals surface area contributed by atoms with Crippen LogP contribution in [0.1, 0.15) is 29.7 Å². The number of aromatic amines is 3. The highest BCUT2D eigenvalue weighted by Crippen LogP contribution is 2.50. The molecule has 1 aliphatic carbocycles. The molecule has 1 aliphatic heterocycles. The predicted molar refractivity (Wildman–Crippen MR) is 165 cm³/mol. The van der Waals surface area contributed by atoms with Gasteiger partial charge in [0.25, 0.3) is 5.56 Å². The van der Waals surface area contributed by atoms with Gasteiger partial charge in [0, 0.05) is 56.7 Å². The molecule has 42 heavy (non-hydrogen) atoms. The van der Waals surface area contributed by atoms with Crippen molar-refractivity contribution in [3.63, 3.8) is 0 Å². The van der Waals surface area contributed by atoms with Crippen LogP contribution in [-0.4, -0.2) is 32.5 Å². The largest absolute Gasteiger partial charge is 0.487 e. The highest BCUT2D eigenvalue weighted by molar-refractivity contribution is 9.10. The Morgan fingerprint density at radius 1 is 1.02 bits per heavy atom. The molecule has 2 aliphatic rings. The SMILES string of the molecule is C[C@H]1c2ccc(OCc3ccccc3)c3[nH]cc(c23)-c2[nH]c(=O)c(-c3c[nH]c4cc(Br)ccc34)nc2[C@]12CNC(=O)N2. The third kappa shape index (κ3) is 3.58. The van der Waals surface area contributed by atoms with Gasteiger partial charge in [-0.15, -0.1) is 0 Å². The number of carbonyl (C=O) groups excluding carboxylic acids is 1. The van der Waals surface area contributed by atoms with Gasteiger partial charge < -0.3 is 30.3 Å². The average Bonchev–Trinajstić information content (AvgIpc) is 3.72. The van der Waals surface area contributed by atoms with Crippen molar-refractivity contribution in [3.05, 3.63) is 105 Å². The smallest absolute Gasteiger partial charge is 0.315 e. The van der Waals surface area contributed by atoms with Crippen molar-refractivity contribution in [2.24, 2.45) is 0 Å². The number of aromatic nitrogens is 4. The third-order valence-corrected chi connectivity index (χ3v) is 9.13. The normalized spacial score (nSPS) is 19.1. The monoisotopic (exact) mass is 620 g/mol. The second-order valence-corrected chi connectivity index (χ2v) is 11.8. The Morgan fingerprint density at radius 3 is 2.67 bits per heavy atom. The number of fused-ring (bicyclic) bond motifs is 4. The summed E-state index contributed by atoms with van der Waals surface area (Å²) in [7, 11) is 0. The first-order chi connectivity index (χ1) is 20.4. The molecule has 0 unspecified atom stereocenters. The molecule has 4 heterocycles. The summed E-state index contributed by atoms with van der Waals surface area (Å²) in [6.07, 6.45) is 3.69. The zero-order chi connectivity index (χ0) is 28.6. The fourth-order valence-electron chi connectivity index (χ4n) is 6.49. The van der Waals surface area contributed by atoms with Crippen molar-refractivity contribution < 1.29 is 9.53 Å². The lowest BCUT2D eigenvalue weighted by Crippen LogP contribution is -2.46. The van der Waals surface area contributed by atoms with Crippen molar-refractivity contribution in [2.75, 3.05) is 6.54 Å². The van der Waals surface area contributed by atoms with Gasteiger partial charge >= 0.3 is 6.03 Å². The number of nitrogens with one attached hydrogen (secondary N) is 5. The summed E-state index contributed by atoms with van der Waals surface area (Å²) in [6.45, 7) is 2.83. The molecule has 1 saturated heterocycles. The second-order valence-electron chi connectivity index (χ2n) is 10.9. The number of nitrogens with zero attached hydrogens (tertiary/aromatic N) is 1. The van der Waals surface area contributed by atoms with Crippen molar-refractivity contribution in [1.29, 1.82) is 0 Å². The van der Waals surface area contributed by atoms with Gasteiger partial charge in [-0.3, -0.25) is 4.79 Å². The molecular weight excluding hydrogens is 596 g/mol. The van der Waals surface area contributed by atoms with Gasteiger partial charge in [0.15, 0.2) is 0 Å².